The summed E-state index contributed by atoms with van der Waals surface area (Å²) >= 11 is 0. The van der Waals surface area contributed by atoms with Crippen LogP contribution in [0.4, 0.5) is 5.69 Å². The van der Waals surface area contributed by atoms with Gasteiger partial charge in [0.15, 0.2) is 0 Å². The second-order valence-electron chi connectivity index (χ2n) is 6.07. The first-order valence-corrected chi connectivity index (χ1v) is 9.85. The summed E-state index contributed by atoms with van der Waals surface area (Å²) in [5, 5.41) is 2.93. The van der Waals surface area contributed by atoms with Crippen molar-refractivity contribution in [3.63, 3.8) is 0 Å². The van der Waals surface area contributed by atoms with Crippen LogP contribution in [0.1, 0.15) is 24.9 Å². The monoisotopic (exact) mass is 375 g/mol. The van der Waals surface area contributed by atoms with E-state index >= 15 is 0 Å². The zero-order valence-corrected chi connectivity index (χ0v) is 16.1. The van der Waals surface area contributed by atoms with E-state index in [2.05, 4.69) is 5.32 Å². The van der Waals surface area contributed by atoms with Gasteiger partial charge in [0, 0.05) is 14.1 Å². The number of rotatable bonds is 8. The number of carbonyl (C=O) groups excluding carboxylic acids is 1. The fraction of sp³-hybridized carbons (Fsp3) is 0.316. The molecular weight excluding hydrogens is 350 g/mol. The first-order chi connectivity index (χ1) is 12.4. The molecule has 0 aliphatic heterocycles. The minimum Gasteiger partial charge on any atom is -0.348 e. The van der Waals surface area contributed by atoms with E-state index in [1.807, 2.05) is 37.3 Å². The molecule has 7 heteroatoms. The Bertz CT molecular complexity index is 808. The Morgan fingerprint density at radius 2 is 1.54 bits per heavy atom. The van der Waals surface area contributed by atoms with E-state index in [4.69, 9.17) is 0 Å². The Morgan fingerprint density at radius 1 is 1.00 bits per heavy atom. The van der Waals surface area contributed by atoms with E-state index in [9.17, 15) is 13.2 Å². The average molecular weight is 375 g/mol. The van der Waals surface area contributed by atoms with E-state index in [1.165, 1.54) is 14.1 Å². The molecule has 2 aromatic rings. The highest BCUT2D eigenvalue weighted by Crippen LogP contribution is 2.20. The predicted molar refractivity (Wildman–Crippen MR) is 104 cm³/mol. The van der Waals surface area contributed by atoms with E-state index < -0.39 is 10.2 Å². The molecule has 6 nitrogen and oxygen atoms in total. The lowest BCUT2D eigenvalue weighted by Gasteiger charge is -2.28. The molecular formula is C19H25N3O3S. The van der Waals surface area contributed by atoms with Gasteiger partial charge in [-0.25, -0.2) is 4.31 Å². The maximum absolute atomic E-state index is 12.7. The molecule has 0 spiro atoms. The molecule has 0 saturated heterocycles. The fourth-order valence-electron chi connectivity index (χ4n) is 2.57. The second-order valence-corrected chi connectivity index (χ2v) is 8.14. The predicted octanol–water partition coefficient (Wildman–Crippen LogP) is 2.57. The summed E-state index contributed by atoms with van der Waals surface area (Å²) in [5.74, 6) is -0.352. The van der Waals surface area contributed by atoms with Crippen molar-refractivity contribution in [3.05, 3.63) is 66.2 Å². The SMILES string of the molecule is CCC(NC(=O)CN(c1ccccc1)S(=O)(=O)N(C)C)c1ccccc1. The molecule has 26 heavy (non-hydrogen) atoms. The van der Waals surface area contributed by atoms with Crippen LogP contribution in [0.5, 0.6) is 0 Å². The zero-order chi connectivity index (χ0) is 19.2. The van der Waals surface area contributed by atoms with E-state index in [0.717, 1.165) is 14.2 Å². The molecule has 1 atom stereocenters. The molecule has 0 saturated carbocycles. The van der Waals surface area contributed by atoms with Gasteiger partial charge in [-0.15, -0.1) is 0 Å². The second kappa shape index (κ2) is 8.82. The van der Waals surface area contributed by atoms with Gasteiger partial charge in [-0.2, -0.15) is 12.7 Å². The highest BCUT2D eigenvalue weighted by atomic mass is 32.2. The van der Waals surface area contributed by atoms with Crippen LogP contribution < -0.4 is 9.62 Å². The van der Waals surface area contributed by atoms with Gasteiger partial charge < -0.3 is 5.32 Å². The standard InChI is InChI=1S/C19H25N3O3S/c1-4-18(16-11-7-5-8-12-16)20-19(23)15-22(26(24,25)21(2)3)17-13-9-6-10-14-17/h5-14,18H,4,15H2,1-3H3,(H,20,23). The molecule has 2 rings (SSSR count). The van der Waals surface area contributed by atoms with Crippen LogP contribution in [-0.4, -0.2) is 39.3 Å². The Labute approximate surface area is 155 Å². The van der Waals surface area contributed by atoms with Crippen LogP contribution in [0.3, 0.4) is 0 Å². The van der Waals surface area contributed by atoms with E-state index in [1.54, 1.807) is 30.3 Å². The van der Waals surface area contributed by atoms with Gasteiger partial charge in [0.25, 0.3) is 0 Å². The summed E-state index contributed by atoms with van der Waals surface area (Å²) in [4.78, 5) is 12.6. The smallest absolute Gasteiger partial charge is 0.304 e. The summed E-state index contributed by atoms with van der Waals surface area (Å²) in [5.41, 5.74) is 1.44. The highest BCUT2D eigenvalue weighted by Gasteiger charge is 2.27. The molecule has 0 heterocycles. The Kier molecular flexibility index (Phi) is 6.76. The molecule has 0 aliphatic carbocycles. The largest absolute Gasteiger partial charge is 0.348 e. The number of nitrogens with one attached hydrogen (secondary N) is 1. The Hall–Kier alpha value is -2.38. The van der Waals surface area contributed by atoms with Gasteiger partial charge in [-0.05, 0) is 24.1 Å². The molecule has 0 radical (unpaired) electrons. The number of benzene rings is 2. The van der Waals surface area contributed by atoms with Crippen molar-refractivity contribution in [2.45, 2.75) is 19.4 Å². The lowest BCUT2D eigenvalue weighted by Crippen LogP contribution is -2.46. The molecule has 1 unspecified atom stereocenters. The number of amides is 1. The van der Waals surface area contributed by atoms with Crippen LogP contribution in [0.25, 0.3) is 0 Å². The fourth-order valence-corrected chi connectivity index (χ4v) is 3.64. The molecule has 0 fully saturated rings. The third-order valence-corrected chi connectivity index (χ3v) is 5.84. The summed E-state index contributed by atoms with van der Waals surface area (Å²) in [6, 6.07) is 18.1. The quantitative estimate of drug-likeness (QED) is 0.771. The average Bonchev–Trinajstić information content (AvgIpc) is 2.65. The van der Waals surface area contributed by atoms with Crippen LogP contribution in [0.15, 0.2) is 60.7 Å². The van der Waals surface area contributed by atoms with Gasteiger partial charge in [0.2, 0.25) is 5.91 Å². The normalized spacial score (nSPS) is 12.6. The number of para-hydroxylation sites is 1. The summed E-state index contributed by atoms with van der Waals surface area (Å²) in [6.45, 7) is 1.69. The minimum absolute atomic E-state index is 0.164. The van der Waals surface area contributed by atoms with Gasteiger partial charge in [-0.1, -0.05) is 55.5 Å². The van der Waals surface area contributed by atoms with Crippen LogP contribution in [0.2, 0.25) is 0 Å². The number of anilines is 1. The first kappa shape index (κ1) is 19.9. The number of carbonyl (C=O) groups is 1. The molecule has 0 aromatic heterocycles. The van der Waals surface area contributed by atoms with E-state index in [0.29, 0.717) is 12.1 Å². The minimum atomic E-state index is -3.79. The Morgan fingerprint density at radius 3 is 2.04 bits per heavy atom. The first-order valence-electron chi connectivity index (χ1n) is 8.45. The van der Waals surface area contributed by atoms with Gasteiger partial charge >= 0.3 is 10.2 Å². The summed E-state index contributed by atoms with van der Waals surface area (Å²) in [7, 11) is -0.896. The summed E-state index contributed by atoms with van der Waals surface area (Å²) in [6.07, 6.45) is 0.710. The molecule has 0 aliphatic rings. The molecule has 1 N–H and O–H groups in total. The van der Waals surface area contributed by atoms with Crippen molar-refractivity contribution >= 4 is 21.8 Å². The maximum atomic E-state index is 12.7. The van der Waals surface area contributed by atoms with Crippen molar-refractivity contribution in [2.75, 3.05) is 24.9 Å². The molecule has 0 bridgehead atoms. The molecule has 2 aromatic carbocycles. The van der Waals surface area contributed by atoms with Gasteiger partial charge in [0.1, 0.15) is 6.54 Å². The van der Waals surface area contributed by atoms with Crippen molar-refractivity contribution in [2.24, 2.45) is 0 Å². The summed E-state index contributed by atoms with van der Waals surface area (Å²) < 4.78 is 27.5. The lowest BCUT2D eigenvalue weighted by atomic mass is 10.0. The number of hydrogen-bond donors (Lipinski definition) is 1. The number of hydrogen-bond acceptors (Lipinski definition) is 3. The third-order valence-electron chi connectivity index (χ3n) is 4.02. The van der Waals surface area contributed by atoms with Crippen LogP contribution in [0, 0.1) is 0 Å². The van der Waals surface area contributed by atoms with Gasteiger partial charge in [-0.3, -0.25) is 4.79 Å². The highest BCUT2D eigenvalue weighted by molar-refractivity contribution is 7.90. The Balaban J connectivity index is 2.21. The van der Waals surface area contributed by atoms with Crippen molar-refractivity contribution in [3.8, 4) is 0 Å². The maximum Gasteiger partial charge on any atom is 0.304 e. The van der Waals surface area contributed by atoms with Crippen molar-refractivity contribution < 1.29 is 13.2 Å². The molecule has 140 valence electrons. The van der Waals surface area contributed by atoms with Crippen LogP contribution in [-0.2, 0) is 15.0 Å². The van der Waals surface area contributed by atoms with E-state index in [-0.39, 0.29) is 18.5 Å². The number of nitrogens with zero attached hydrogens (tertiary/aromatic N) is 2. The zero-order valence-electron chi connectivity index (χ0n) is 15.3. The molecule has 1 amide bonds. The van der Waals surface area contributed by atoms with Crippen molar-refractivity contribution in [1.82, 2.24) is 9.62 Å². The third kappa shape index (κ3) is 4.83. The van der Waals surface area contributed by atoms with Crippen LogP contribution >= 0.6 is 0 Å². The topological polar surface area (TPSA) is 69.7 Å². The van der Waals surface area contributed by atoms with Crippen molar-refractivity contribution in [1.29, 1.82) is 0 Å². The lowest BCUT2D eigenvalue weighted by molar-refractivity contribution is -0.120. The van der Waals surface area contributed by atoms with Gasteiger partial charge in [0.05, 0.1) is 11.7 Å².